The minimum atomic E-state index is -0.683. The van der Waals surface area contributed by atoms with Crippen molar-refractivity contribution in [2.75, 3.05) is 13.7 Å². The molecule has 0 spiro atoms. The van der Waals surface area contributed by atoms with Crippen molar-refractivity contribution < 1.29 is 14.3 Å². The molecule has 10 heteroatoms. The van der Waals surface area contributed by atoms with Crippen LogP contribution in [0.5, 0.6) is 5.75 Å². The maximum absolute atomic E-state index is 12.1. The van der Waals surface area contributed by atoms with Crippen LogP contribution in [0.3, 0.4) is 0 Å². The standard InChI is InChI=1S/C20H19N5O3S2/c1-28-15-6-3-2-5-13(15)11-22-19(27)18(26)21-9-8-14-12-30-20-23-17(24-25(14)20)16-7-4-10-29-16/h2-7,10,12H,8-9,11H2,1H3,(H,21,26)(H,22,27). The molecule has 2 N–H and O–H groups in total. The second-order valence-electron chi connectivity index (χ2n) is 6.33. The van der Waals surface area contributed by atoms with Gasteiger partial charge < -0.3 is 15.4 Å². The van der Waals surface area contributed by atoms with E-state index in [-0.39, 0.29) is 6.54 Å². The Labute approximate surface area is 180 Å². The number of methoxy groups -OCH3 is 1. The number of hydrogen-bond acceptors (Lipinski definition) is 7. The number of carbonyl (C=O) groups excluding carboxylic acids is 2. The summed E-state index contributed by atoms with van der Waals surface area (Å²) in [7, 11) is 1.56. The summed E-state index contributed by atoms with van der Waals surface area (Å²) in [5.74, 6) is -0.00127. The highest BCUT2D eigenvalue weighted by Crippen LogP contribution is 2.24. The van der Waals surface area contributed by atoms with E-state index in [1.807, 2.05) is 41.1 Å². The average Bonchev–Trinajstić information content (AvgIpc) is 3.50. The van der Waals surface area contributed by atoms with E-state index in [1.165, 1.54) is 11.3 Å². The summed E-state index contributed by atoms with van der Waals surface area (Å²) in [6, 6.07) is 11.3. The first kappa shape index (κ1) is 20.0. The van der Waals surface area contributed by atoms with Crippen LogP contribution in [0.2, 0.25) is 0 Å². The lowest BCUT2D eigenvalue weighted by Gasteiger charge is -2.09. The number of ether oxygens (including phenoxy) is 1. The first-order valence-electron chi connectivity index (χ1n) is 9.20. The van der Waals surface area contributed by atoms with Gasteiger partial charge in [0.05, 0.1) is 17.7 Å². The summed E-state index contributed by atoms with van der Waals surface area (Å²) >= 11 is 3.08. The third-order valence-electron chi connectivity index (χ3n) is 4.40. The molecule has 0 fully saturated rings. The van der Waals surface area contributed by atoms with Crippen LogP contribution in [-0.4, -0.2) is 40.1 Å². The lowest BCUT2D eigenvalue weighted by atomic mass is 10.2. The number of carbonyl (C=O) groups is 2. The third-order valence-corrected chi connectivity index (χ3v) is 6.13. The highest BCUT2D eigenvalue weighted by atomic mass is 32.1. The molecule has 0 atom stereocenters. The van der Waals surface area contributed by atoms with Crippen LogP contribution in [0.25, 0.3) is 15.7 Å². The number of amides is 2. The number of nitrogens with zero attached hydrogens (tertiary/aromatic N) is 3. The number of nitrogens with one attached hydrogen (secondary N) is 2. The smallest absolute Gasteiger partial charge is 0.309 e. The molecule has 30 heavy (non-hydrogen) atoms. The molecule has 8 nitrogen and oxygen atoms in total. The SMILES string of the molecule is COc1ccccc1CNC(=O)C(=O)NCCc1csc2nc(-c3cccs3)nn12. The molecule has 0 saturated heterocycles. The topological polar surface area (TPSA) is 97.6 Å². The van der Waals surface area contributed by atoms with Gasteiger partial charge in [-0.1, -0.05) is 24.3 Å². The lowest BCUT2D eigenvalue weighted by Crippen LogP contribution is -2.40. The van der Waals surface area contributed by atoms with Crippen molar-refractivity contribution in [2.45, 2.75) is 13.0 Å². The number of rotatable bonds is 7. The Morgan fingerprint density at radius 2 is 1.93 bits per heavy atom. The highest BCUT2D eigenvalue weighted by Gasteiger charge is 2.15. The molecular weight excluding hydrogens is 422 g/mol. The molecule has 3 heterocycles. The van der Waals surface area contributed by atoms with Gasteiger partial charge in [-0.05, 0) is 17.5 Å². The van der Waals surface area contributed by atoms with E-state index in [0.29, 0.717) is 24.5 Å². The first-order chi connectivity index (χ1) is 14.7. The summed E-state index contributed by atoms with van der Waals surface area (Å²) < 4.78 is 7.03. The van der Waals surface area contributed by atoms with Crippen LogP contribution in [-0.2, 0) is 22.6 Å². The zero-order valence-corrected chi connectivity index (χ0v) is 17.8. The number of fused-ring (bicyclic) bond motifs is 1. The summed E-state index contributed by atoms with van der Waals surface area (Å²) in [5.41, 5.74) is 1.73. The predicted octanol–water partition coefficient (Wildman–Crippen LogP) is 2.50. The molecule has 3 aromatic heterocycles. The van der Waals surface area contributed by atoms with Crippen LogP contribution in [0.15, 0.2) is 47.2 Å². The van der Waals surface area contributed by atoms with Gasteiger partial charge in [0.1, 0.15) is 5.75 Å². The highest BCUT2D eigenvalue weighted by molar-refractivity contribution is 7.15. The summed E-state index contributed by atoms with van der Waals surface area (Å²) in [5, 5.41) is 13.8. The summed E-state index contributed by atoms with van der Waals surface area (Å²) in [6.07, 6.45) is 0.540. The number of aromatic nitrogens is 3. The molecule has 0 bridgehead atoms. The van der Waals surface area contributed by atoms with Crippen molar-refractivity contribution >= 4 is 39.4 Å². The van der Waals surface area contributed by atoms with Gasteiger partial charge in [-0.2, -0.15) is 4.98 Å². The molecule has 0 saturated carbocycles. The fraction of sp³-hybridized carbons (Fsp3) is 0.200. The molecule has 0 aliphatic carbocycles. The molecular formula is C20H19N5O3S2. The van der Waals surface area contributed by atoms with E-state index in [2.05, 4.69) is 20.7 Å². The van der Waals surface area contributed by atoms with Crippen molar-refractivity contribution in [1.29, 1.82) is 0 Å². The van der Waals surface area contributed by atoms with Crippen LogP contribution in [0.1, 0.15) is 11.3 Å². The number of thiazole rings is 1. The van der Waals surface area contributed by atoms with E-state index in [4.69, 9.17) is 4.74 Å². The van der Waals surface area contributed by atoms with Crippen LogP contribution >= 0.6 is 22.7 Å². The van der Waals surface area contributed by atoms with Crippen molar-refractivity contribution in [1.82, 2.24) is 25.2 Å². The molecule has 4 aromatic rings. The van der Waals surface area contributed by atoms with E-state index in [0.717, 1.165) is 21.1 Å². The minimum absolute atomic E-state index is 0.214. The van der Waals surface area contributed by atoms with Gasteiger partial charge in [0, 0.05) is 30.5 Å². The Hall–Kier alpha value is -3.24. The fourth-order valence-electron chi connectivity index (χ4n) is 2.90. The Balaban J connectivity index is 1.29. The number of benzene rings is 1. The molecule has 1 aromatic carbocycles. The summed E-state index contributed by atoms with van der Waals surface area (Å²) in [6.45, 7) is 0.535. The third kappa shape index (κ3) is 4.34. The van der Waals surface area contributed by atoms with Crippen molar-refractivity contribution in [3.8, 4) is 16.5 Å². The first-order valence-corrected chi connectivity index (χ1v) is 11.0. The second kappa shape index (κ2) is 9.06. The van der Waals surface area contributed by atoms with Crippen molar-refractivity contribution in [3.05, 3.63) is 58.4 Å². The van der Waals surface area contributed by atoms with Gasteiger partial charge in [-0.3, -0.25) is 9.59 Å². The van der Waals surface area contributed by atoms with E-state index in [1.54, 1.807) is 29.0 Å². The van der Waals surface area contributed by atoms with Crippen LogP contribution in [0, 0.1) is 0 Å². The van der Waals surface area contributed by atoms with Crippen LogP contribution < -0.4 is 15.4 Å². The largest absolute Gasteiger partial charge is 0.496 e. The Bertz CT molecular complexity index is 1170. The maximum atomic E-state index is 12.1. The Morgan fingerprint density at radius 3 is 2.73 bits per heavy atom. The normalized spacial score (nSPS) is 10.8. The molecule has 2 amide bonds. The molecule has 0 aliphatic rings. The number of hydrogen-bond donors (Lipinski definition) is 2. The molecule has 4 rings (SSSR count). The second-order valence-corrected chi connectivity index (χ2v) is 8.12. The van der Waals surface area contributed by atoms with Crippen molar-refractivity contribution in [2.24, 2.45) is 0 Å². The fourth-order valence-corrected chi connectivity index (χ4v) is 4.40. The predicted molar refractivity (Wildman–Crippen MR) is 116 cm³/mol. The van der Waals surface area contributed by atoms with E-state index < -0.39 is 11.8 Å². The van der Waals surface area contributed by atoms with Crippen molar-refractivity contribution in [3.63, 3.8) is 0 Å². The van der Waals surface area contributed by atoms with E-state index in [9.17, 15) is 9.59 Å². The van der Waals surface area contributed by atoms with Gasteiger partial charge in [0.2, 0.25) is 4.96 Å². The Morgan fingerprint density at radius 1 is 1.10 bits per heavy atom. The van der Waals surface area contributed by atoms with Gasteiger partial charge in [-0.15, -0.1) is 27.8 Å². The molecule has 0 aliphatic heterocycles. The number of thiophene rings is 1. The lowest BCUT2D eigenvalue weighted by molar-refractivity contribution is -0.139. The van der Waals surface area contributed by atoms with Gasteiger partial charge in [0.15, 0.2) is 5.82 Å². The summed E-state index contributed by atoms with van der Waals surface area (Å²) in [4.78, 5) is 30.5. The van der Waals surface area contributed by atoms with Gasteiger partial charge in [-0.25, -0.2) is 4.52 Å². The Kier molecular flexibility index (Phi) is 6.05. The molecule has 0 unspecified atom stereocenters. The zero-order valence-electron chi connectivity index (χ0n) is 16.1. The molecule has 0 radical (unpaired) electrons. The van der Waals surface area contributed by atoms with E-state index >= 15 is 0 Å². The molecule has 154 valence electrons. The van der Waals surface area contributed by atoms with Gasteiger partial charge >= 0.3 is 11.8 Å². The number of para-hydroxylation sites is 1. The minimum Gasteiger partial charge on any atom is -0.496 e. The van der Waals surface area contributed by atoms with Crippen LogP contribution in [0.4, 0.5) is 0 Å². The quantitative estimate of drug-likeness (QED) is 0.430. The zero-order chi connectivity index (χ0) is 20.9. The average molecular weight is 442 g/mol. The maximum Gasteiger partial charge on any atom is 0.309 e. The van der Waals surface area contributed by atoms with Gasteiger partial charge in [0.25, 0.3) is 0 Å². The monoisotopic (exact) mass is 441 g/mol.